The van der Waals surface area contributed by atoms with Gasteiger partial charge in [-0.05, 0) is 0 Å². The molecular formula is C19H23Cl2HfSi. The van der Waals surface area contributed by atoms with E-state index in [-0.39, 0.29) is 24.8 Å². The number of fused-ring (bicyclic) bond motifs is 1. The molecule has 2 aliphatic rings. The molecule has 0 nitrogen and oxygen atoms in total. The summed E-state index contributed by atoms with van der Waals surface area (Å²) in [7, 11) is -1.49. The van der Waals surface area contributed by atoms with Crippen molar-refractivity contribution >= 4 is 14.1 Å². The van der Waals surface area contributed by atoms with Crippen molar-refractivity contribution in [1.29, 1.82) is 0 Å². The van der Waals surface area contributed by atoms with E-state index in [2.05, 4.69) is 62.5 Å². The molecule has 0 aromatic heterocycles. The van der Waals surface area contributed by atoms with Gasteiger partial charge in [0.15, 0.2) is 0 Å². The maximum atomic E-state index is 2.59. The van der Waals surface area contributed by atoms with Crippen molar-refractivity contribution in [2.24, 2.45) is 0 Å². The fourth-order valence-corrected chi connectivity index (χ4v) is 12.2. The molecule has 0 heterocycles. The van der Waals surface area contributed by atoms with Crippen molar-refractivity contribution in [2.45, 2.75) is 44.8 Å². The van der Waals surface area contributed by atoms with Gasteiger partial charge < -0.3 is 24.8 Å². The second kappa shape index (κ2) is 8.47. The minimum absolute atomic E-state index is 0. The number of rotatable bonds is 4. The van der Waals surface area contributed by atoms with E-state index in [0.717, 1.165) is 0 Å². The zero-order chi connectivity index (χ0) is 15.0. The van der Waals surface area contributed by atoms with E-state index >= 15 is 0 Å². The molecule has 2 aliphatic carbocycles. The van der Waals surface area contributed by atoms with Crippen LogP contribution in [0.2, 0.25) is 13.1 Å². The quantitative estimate of drug-likeness (QED) is 0.464. The summed E-state index contributed by atoms with van der Waals surface area (Å²) in [5.41, 5.74) is 5.36. The summed E-state index contributed by atoms with van der Waals surface area (Å²) in [5.74, 6) is 0. The van der Waals surface area contributed by atoms with Crippen LogP contribution < -0.4 is 24.8 Å². The first-order valence-electron chi connectivity index (χ1n) is 7.97. The third-order valence-electron chi connectivity index (χ3n) is 4.92. The van der Waals surface area contributed by atoms with Gasteiger partial charge in [-0.2, -0.15) is 0 Å². The Kier molecular flexibility index (Phi) is 7.79. The summed E-state index contributed by atoms with van der Waals surface area (Å²) >= 11 is 1.23. The first-order chi connectivity index (χ1) is 10.1. The van der Waals surface area contributed by atoms with Crippen LogP contribution in [0.4, 0.5) is 0 Å². The average Bonchev–Trinajstić information content (AvgIpc) is 3.03. The summed E-state index contributed by atoms with van der Waals surface area (Å²) in [5, 5.41) is 1.82. The number of allylic oxidation sites excluding steroid dienone is 5. The van der Waals surface area contributed by atoms with Gasteiger partial charge in [0.2, 0.25) is 0 Å². The smallest absolute Gasteiger partial charge is 1.00 e. The summed E-state index contributed by atoms with van der Waals surface area (Å²) in [6.45, 7) is 7.49. The Morgan fingerprint density at radius 1 is 1.17 bits per heavy atom. The van der Waals surface area contributed by atoms with Crippen LogP contribution in [0, 0.1) is 0 Å². The number of benzene rings is 1. The van der Waals surface area contributed by atoms with Crippen LogP contribution in [0.25, 0.3) is 6.08 Å². The third-order valence-corrected chi connectivity index (χ3v) is 11.4. The molecule has 1 unspecified atom stereocenters. The molecular weight excluding hydrogens is 506 g/mol. The van der Waals surface area contributed by atoms with Crippen molar-refractivity contribution in [3.63, 3.8) is 0 Å². The van der Waals surface area contributed by atoms with Crippen molar-refractivity contribution in [1.82, 2.24) is 0 Å². The molecule has 23 heavy (non-hydrogen) atoms. The molecule has 1 atom stereocenters. The number of hydrogen-bond donors (Lipinski definition) is 0. The van der Waals surface area contributed by atoms with Crippen LogP contribution in [-0.2, 0) is 24.4 Å². The van der Waals surface area contributed by atoms with E-state index in [4.69, 9.17) is 0 Å². The first-order valence-corrected chi connectivity index (χ1v) is 12.8. The predicted octanol–water partition coefficient (Wildman–Crippen LogP) is -0.477. The Bertz CT molecular complexity index is 659. The van der Waals surface area contributed by atoms with Gasteiger partial charge in [-0.15, -0.1) is 0 Å². The summed E-state index contributed by atoms with van der Waals surface area (Å²) in [6, 6.07) is 8.98. The fourth-order valence-electron chi connectivity index (χ4n) is 3.96. The maximum absolute atomic E-state index is 2.59. The van der Waals surface area contributed by atoms with Crippen LogP contribution in [0.5, 0.6) is 0 Å². The second-order valence-electron chi connectivity index (χ2n) is 6.72. The Morgan fingerprint density at radius 3 is 2.57 bits per heavy atom. The molecule has 121 valence electrons. The van der Waals surface area contributed by atoms with Gasteiger partial charge in [0.1, 0.15) is 0 Å². The van der Waals surface area contributed by atoms with E-state index in [9.17, 15) is 0 Å². The number of halogens is 2. The molecule has 0 fully saturated rings. The molecule has 4 heteroatoms. The summed E-state index contributed by atoms with van der Waals surface area (Å²) < 4.78 is 1.77. The van der Waals surface area contributed by atoms with Crippen LogP contribution in [-0.4, -0.2) is 8.07 Å². The minimum atomic E-state index is -1.49. The minimum Gasteiger partial charge on any atom is -1.00 e. The molecule has 0 N–H and O–H groups in total. The van der Waals surface area contributed by atoms with Gasteiger partial charge in [-0.3, -0.25) is 0 Å². The Labute approximate surface area is 168 Å². The Hall–Kier alpha value is 0.107. The van der Waals surface area contributed by atoms with E-state index in [1.807, 2.05) is 5.20 Å². The second-order valence-corrected chi connectivity index (χ2v) is 13.5. The van der Waals surface area contributed by atoms with Gasteiger partial charge in [0, 0.05) is 0 Å². The summed E-state index contributed by atoms with van der Waals surface area (Å²) in [6.07, 6.45) is 11.1. The van der Waals surface area contributed by atoms with Crippen LogP contribution in [0.1, 0.15) is 42.9 Å². The SMILES string of the molecule is CCCC1=CC[C]([Hf+2])=C1[Si](C)(C)C1C=Cc2ccccc21.[Cl-].[Cl-]. The molecule has 0 amide bonds. The molecule has 0 saturated heterocycles. The third kappa shape index (κ3) is 3.86. The van der Waals surface area contributed by atoms with Crippen molar-refractivity contribution < 1.29 is 49.2 Å². The van der Waals surface area contributed by atoms with E-state index in [0.29, 0.717) is 5.54 Å². The Balaban J connectivity index is 0.00000132. The van der Waals surface area contributed by atoms with E-state index < -0.39 is 8.07 Å². The van der Waals surface area contributed by atoms with E-state index in [1.165, 1.54) is 49.2 Å². The van der Waals surface area contributed by atoms with Gasteiger partial charge in [0.25, 0.3) is 0 Å². The van der Waals surface area contributed by atoms with Gasteiger partial charge in [-0.25, -0.2) is 0 Å². The Morgan fingerprint density at radius 2 is 1.87 bits per heavy atom. The molecule has 0 saturated carbocycles. The van der Waals surface area contributed by atoms with Crippen LogP contribution >= 0.6 is 0 Å². The predicted molar refractivity (Wildman–Crippen MR) is 90.3 cm³/mol. The van der Waals surface area contributed by atoms with Crippen molar-refractivity contribution in [3.05, 3.63) is 61.6 Å². The summed E-state index contributed by atoms with van der Waals surface area (Å²) in [4.78, 5) is 0. The van der Waals surface area contributed by atoms with Crippen molar-refractivity contribution in [2.75, 3.05) is 0 Å². The van der Waals surface area contributed by atoms with Crippen LogP contribution in [0.15, 0.2) is 50.5 Å². The van der Waals surface area contributed by atoms with Gasteiger partial charge in [0.05, 0.1) is 0 Å². The largest absolute Gasteiger partial charge is 1.00 e. The zero-order valence-electron chi connectivity index (χ0n) is 14.0. The molecule has 0 spiro atoms. The van der Waals surface area contributed by atoms with Crippen molar-refractivity contribution in [3.8, 4) is 0 Å². The first kappa shape index (κ1) is 21.2. The zero-order valence-corrected chi connectivity index (χ0v) is 20.1. The van der Waals surface area contributed by atoms with E-state index in [1.54, 1.807) is 14.5 Å². The molecule has 0 aliphatic heterocycles. The molecule has 0 radical (unpaired) electrons. The van der Waals surface area contributed by atoms with Crippen LogP contribution in [0.3, 0.4) is 0 Å². The maximum Gasteiger partial charge on any atom is -1.00 e. The average molecular weight is 529 g/mol. The molecule has 1 aromatic carbocycles. The molecule has 0 bridgehead atoms. The molecule has 3 rings (SSSR count). The standard InChI is InChI=1S/C19H23Si.2ClH.Hf/c1-4-8-16-10-7-12-18(16)20(2,3)19-14-13-15-9-5-6-11-17(15)19;;;/h5-6,9-11,13-14,19H,4,7-8H2,1-3H3;2*1H;/q;;;+2/p-2. The number of hydrogen-bond acceptors (Lipinski definition) is 0. The topological polar surface area (TPSA) is 0 Å². The van der Waals surface area contributed by atoms with Gasteiger partial charge in [-0.1, -0.05) is 0 Å². The monoisotopic (exact) mass is 529 g/mol. The fraction of sp³-hybridized carbons (Fsp3) is 0.368. The normalized spacial score (nSPS) is 19.2. The molecule has 1 aromatic rings. The van der Waals surface area contributed by atoms with Gasteiger partial charge >= 0.3 is 145 Å².